The van der Waals surface area contributed by atoms with E-state index >= 15 is 0 Å². The molecule has 0 N–H and O–H groups in total. The summed E-state index contributed by atoms with van der Waals surface area (Å²) in [4.78, 5) is 12.4. The zero-order valence-electron chi connectivity index (χ0n) is 12.9. The molecule has 4 heteroatoms. The maximum Gasteiger partial charge on any atom is 0.191 e. The highest BCUT2D eigenvalue weighted by Crippen LogP contribution is 2.29. The van der Waals surface area contributed by atoms with Crippen LogP contribution in [0.5, 0.6) is 11.5 Å². The molecule has 1 unspecified atom stereocenters. The van der Waals surface area contributed by atoms with Gasteiger partial charge in [0.2, 0.25) is 0 Å². The molecule has 0 amide bonds. The minimum atomic E-state index is -0.442. The van der Waals surface area contributed by atoms with Crippen molar-refractivity contribution in [2.45, 2.75) is 33.8 Å². The van der Waals surface area contributed by atoms with E-state index in [1.54, 1.807) is 25.3 Å². The molecular formula is C16H24O4. The second kappa shape index (κ2) is 7.90. The number of hydrogen-bond donors (Lipinski definition) is 0. The van der Waals surface area contributed by atoms with E-state index in [1.807, 2.05) is 27.7 Å². The van der Waals surface area contributed by atoms with Gasteiger partial charge in [-0.2, -0.15) is 0 Å². The molecule has 1 aromatic carbocycles. The van der Waals surface area contributed by atoms with Gasteiger partial charge in [0, 0.05) is 12.7 Å². The number of rotatable bonds is 8. The number of methoxy groups -OCH3 is 1. The van der Waals surface area contributed by atoms with E-state index < -0.39 is 6.10 Å². The Morgan fingerprint density at radius 1 is 1.10 bits per heavy atom. The van der Waals surface area contributed by atoms with Crippen molar-refractivity contribution in [3.63, 3.8) is 0 Å². The van der Waals surface area contributed by atoms with Gasteiger partial charge in [-0.3, -0.25) is 4.79 Å². The first-order valence-corrected chi connectivity index (χ1v) is 7.01. The van der Waals surface area contributed by atoms with Crippen LogP contribution in [-0.2, 0) is 4.74 Å². The standard InChI is InChI=1S/C16H24O4/c1-6-19-13-9-8-12(10-14(13)20-7-2)15(17)16(18-5)11(3)4/h8-11,16H,6-7H2,1-5H3. The van der Waals surface area contributed by atoms with Gasteiger partial charge >= 0.3 is 0 Å². The minimum Gasteiger partial charge on any atom is -0.490 e. The zero-order chi connectivity index (χ0) is 15.1. The number of hydrogen-bond acceptors (Lipinski definition) is 4. The summed E-state index contributed by atoms with van der Waals surface area (Å²) in [7, 11) is 1.56. The van der Waals surface area contributed by atoms with Crippen molar-refractivity contribution in [3.8, 4) is 11.5 Å². The van der Waals surface area contributed by atoms with Gasteiger partial charge in [0.25, 0.3) is 0 Å². The Bertz CT molecular complexity index is 440. The van der Waals surface area contributed by atoms with Gasteiger partial charge in [0.15, 0.2) is 17.3 Å². The molecule has 0 aliphatic rings. The molecule has 4 nitrogen and oxygen atoms in total. The van der Waals surface area contributed by atoms with E-state index in [-0.39, 0.29) is 11.7 Å². The van der Waals surface area contributed by atoms with Crippen molar-refractivity contribution >= 4 is 5.78 Å². The van der Waals surface area contributed by atoms with Crippen LogP contribution in [0.1, 0.15) is 38.1 Å². The molecule has 0 aromatic heterocycles. The predicted octanol–water partition coefficient (Wildman–Crippen LogP) is 3.34. The Morgan fingerprint density at radius 2 is 1.70 bits per heavy atom. The molecule has 1 atom stereocenters. The Labute approximate surface area is 121 Å². The Morgan fingerprint density at radius 3 is 2.20 bits per heavy atom. The molecule has 112 valence electrons. The van der Waals surface area contributed by atoms with Crippen LogP contribution in [0, 0.1) is 5.92 Å². The molecule has 0 fully saturated rings. The predicted molar refractivity (Wildman–Crippen MR) is 78.7 cm³/mol. The molecular weight excluding hydrogens is 256 g/mol. The van der Waals surface area contributed by atoms with E-state index in [4.69, 9.17) is 14.2 Å². The highest BCUT2D eigenvalue weighted by Gasteiger charge is 2.24. The van der Waals surface area contributed by atoms with Crippen molar-refractivity contribution in [3.05, 3.63) is 23.8 Å². The second-order valence-corrected chi connectivity index (χ2v) is 4.79. The maximum absolute atomic E-state index is 12.4. The third-order valence-electron chi connectivity index (χ3n) is 2.95. The average molecular weight is 280 g/mol. The van der Waals surface area contributed by atoms with E-state index in [1.165, 1.54) is 0 Å². The van der Waals surface area contributed by atoms with Gasteiger partial charge in [-0.05, 0) is 38.0 Å². The SMILES string of the molecule is CCOc1ccc(C(=O)C(OC)C(C)C)cc1OCC. The minimum absolute atomic E-state index is 0.0356. The number of ketones is 1. The molecule has 0 aliphatic heterocycles. The first kappa shape index (κ1) is 16.5. The Hall–Kier alpha value is -1.55. The molecule has 0 radical (unpaired) electrons. The monoisotopic (exact) mass is 280 g/mol. The van der Waals surface area contributed by atoms with Crippen molar-refractivity contribution < 1.29 is 19.0 Å². The highest BCUT2D eigenvalue weighted by molar-refractivity contribution is 6.00. The van der Waals surface area contributed by atoms with Gasteiger partial charge in [-0.15, -0.1) is 0 Å². The summed E-state index contributed by atoms with van der Waals surface area (Å²) in [5.74, 6) is 1.34. The fraction of sp³-hybridized carbons (Fsp3) is 0.562. The third kappa shape index (κ3) is 3.97. The zero-order valence-corrected chi connectivity index (χ0v) is 12.9. The Kier molecular flexibility index (Phi) is 6.52. The summed E-state index contributed by atoms with van der Waals surface area (Å²) in [6, 6.07) is 5.25. The number of carbonyl (C=O) groups excluding carboxylic acids is 1. The molecule has 0 heterocycles. The summed E-state index contributed by atoms with van der Waals surface area (Å²) < 4.78 is 16.3. The topological polar surface area (TPSA) is 44.8 Å². The fourth-order valence-electron chi connectivity index (χ4n) is 2.05. The van der Waals surface area contributed by atoms with Gasteiger partial charge in [-0.1, -0.05) is 13.8 Å². The van der Waals surface area contributed by atoms with Crippen molar-refractivity contribution in [2.24, 2.45) is 5.92 Å². The van der Waals surface area contributed by atoms with E-state index in [9.17, 15) is 4.79 Å². The van der Waals surface area contributed by atoms with Gasteiger partial charge < -0.3 is 14.2 Å². The summed E-state index contributed by atoms with van der Waals surface area (Å²) in [6.07, 6.45) is -0.442. The summed E-state index contributed by atoms with van der Waals surface area (Å²) in [5, 5.41) is 0. The lowest BCUT2D eigenvalue weighted by Gasteiger charge is -2.19. The van der Waals surface area contributed by atoms with Gasteiger partial charge in [0.05, 0.1) is 13.2 Å². The first-order valence-electron chi connectivity index (χ1n) is 7.01. The quantitative estimate of drug-likeness (QED) is 0.685. The number of Topliss-reactive ketones (excluding diaryl/α,β-unsaturated/α-hetero) is 1. The molecule has 0 saturated carbocycles. The lowest BCUT2D eigenvalue weighted by atomic mass is 9.97. The molecule has 20 heavy (non-hydrogen) atoms. The fourth-order valence-corrected chi connectivity index (χ4v) is 2.05. The molecule has 0 saturated heterocycles. The highest BCUT2D eigenvalue weighted by atomic mass is 16.5. The largest absolute Gasteiger partial charge is 0.490 e. The van der Waals surface area contributed by atoms with E-state index in [0.29, 0.717) is 30.3 Å². The average Bonchev–Trinajstić information content (AvgIpc) is 2.41. The molecule has 1 rings (SSSR count). The van der Waals surface area contributed by atoms with Crippen molar-refractivity contribution in [2.75, 3.05) is 20.3 Å². The van der Waals surface area contributed by atoms with Crippen molar-refractivity contribution in [1.82, 2.24) is 0 Å². The van der Waals surface area contributed by atoms with Crippen LogP contribution in [0.2, 0.25) is 0 Å². The van der Waals surface area contributed by atoms with Crippen LogP contribution in [0.4, 0.5) is 0 Å². The van der Waals surface area contributed by atoms with Crippen LogP contribution in [-0.4, -0.2) is 32.2 Å². The maximum atomic E-state index is 12.4. The van der Waals surface area contributed by atoms with E-state index in [0.717, 1.165) is 0 Å². The van der Waals surface area contributed by atoms with Crippen LogP contribution < -0.4 is 9.47 Å². The lowest BCUT2D eigenvalue weighted by molar-refractivity contribution is 0.0458. The second-order valence-electron chi connectivity index (χ2n) is 4.79. The first-order chi connectivity index (χ1) is 9.54. The summed E-state index contributed by atoms with van der Waals surface area (Å²) in [5.41, 5.74) is 0.581. The number of carbonyl (C=O) groups is 1. The van der Waals surface area contributed by atoms with Crippen LogP contribution in [0.15, 0.2) is 18.2 Å². The third-order valence-corrected chi connectivity index (χ3v) is 2.95. The molecule has 0 spiro atoms. The van der Waals surface area contributed by atoms with Gasteiger partial charge in [0.1, 0.15) is 6.10 Å². The number of benzene rings is 1. The normalized spacial score (nSPS) is 12.3. The summed E-state index contributed by atoms with van der Waals surface area (Å²) >= 11 is 0. The van der Waals surface area contributed by atoms with Crippen LogP contribution in [0.25, 0.3) is 0 Å². The lowest BCUT2D eigenvalue weighted by Crippen LogP contribution is -2.28. The van der Waals surface area contributed by atoms with Crippen molar-refractivity contribution in [1.29, 1.82) is 0 Å². The van der Waals surface area contributed by atoms with E-state index in [2.05, 4.69) is 0 Å². The molecule has 1 aromatic rings. The van der Waals surface area contributed by atoms with Crippen LogP contribution in [0.3, 0.4) is 0 Å². The van der Waals surface area contributed by atoms with Gasteiger partial charge in [-0.25, -0.2) is 0 Å². The van der Waals surface area contributed by atoms with Crippen LogP contribution >= 0.6 is 0 Å². The molecule has 0 bridgehead atoms. The smallest absolute Gasteiger partial charge is 0.191 e. The molecule has 0 aliphatic carbocycles. The summed E-state index contributed by atoms with van der Waals surface area (Å²) in [6.45, 7) is 8.81. The number of ether oxygens (including phenoxy) is 3. The Balaban J connectivity index is 3.06.